The number of nitrogens with one attached hydrogen (secondary N) is 1. The van der Waals surface area contributed by atoms with Crippen LogP contribution in [0.5, 0.6) is 0 Å². The zero-order valence-corrected chi connectivity index (χ0v) is 16.2. The fourth-order valence-corrected chi connectivity index (χ4v) is 3.48. The Labute approximate surface area is 167 Å². The Bertz CT molecular complexity index is 1070. The van der Waals surface area contributed by atoms with Gasteiger partial charge in [0.25, 0.3) is 5.91 Å². The minimum Gasteiger partial charge on any atom is -0.445 e. The van der Waals surface area contributed by atoms with Gasteiger partial charge in [-0.25, -0.2) is 4.98 Å². The van der Waals surface area contributed by atoms with E-state index in [0.29, 0.717) is 35.3 Å². The molecule has 6 nitrogen and oxygen atoms in total. The van der Waals surface area contributed by atoms with Crippen molar-refractivity contribution in [3.8, 4) is 0 Å². The number of oxazole rings is 1. The Morgan fingerprint density at radius 3 is 2.64 bits per heavy atom. The maximum absolute atomic E-state index is 12.4. The number of amides is 2. The molecule has 0 saturated heterocycles. The van der Waals surface area contributed by atoms with Crippen molar-refractivity contribution in [2.75, 3.05) is 10.2 Å². The van der Waals surface area contributed by atoms with Gasteiger partial charge in [-0.05, 0) is 42.3 Å². The molecule has 0 bridgehead atoms. The number of benzene rings is 2. The first-order chi connectivity index (χ1) is 13.4. The third-order valence-corrected chi connectivity index (χ3v) is 4.89. The molecule has 2 heterocycles. The summed E-state index contributed by atoms with van der Waals surface area (Å²) in [5.74, 6) is 0.664. The maximum atomic E-state index is 12.4. The molecule has 0 radical (unpaired) electrons. The number of anilines is 2. The molecule has 2 amide bonds. The monoisotopic (exact) mass is 395 g/mol. The highest BCUT2D eigenvalue weighted by Crippen LogP contribution is 2.32. The molecule has 0 saturated carbocycles. The highest BCUT2D eigenvalue weighted by molar-refractivity contribution is 6.31. The van der Waals surface area contributed by atoms with Gasteiger partial charge in [0.05, 0.1) is 13.0 Å². The second kappa shape index (κ2) is 7.13. The summed E-state index contributed by atoms with van der Waals surface area (Å²) < 4.78 is 5.30. The Balaban J connectivity index is 1.47. The lowest BCUT2D eigenvalue weighted by atomic mass is 10.1. The Morgan fingerprint density at radius 2 is 1.96 bits per heavy atom. The van der Waals surface area contributed by atoms with Crippen molar-refractivity contribution < 1.29 is 14.0 Å². The van der Waals surface area contributed by atoms with E-state index in [4.69, 9.17) is 16.0 Å². The fraction of sp³-hybridized carbons (Fsp3) is 0.190. The van der Waals surface area contributed by atoms with Crippen LogP contribution in [-0.2, 0) is 17.8 Å². The topological polar surface area (TPSA) is 75.4 Å². The van der Waals surface area contributed by atoms with E-state index in [0.717, 1.165) is 16.8 Å². The molecule has 1 aliphatic heterocycles. The molecule has 3 aromatic rings. The predicted octanol–water partition coefficient (Wildman–Crippen LogP) is 4.29. The number of rotatable bonds is 4. The van der Waals surface area contributed by atoms with E-state index in [-0.39, 0.29) is 17.5 Å². The van der Waals surface area contributed by atoms with Crippen LogP contribution in [0.15, 0.2) is 46.9 Å². The van der Waals surface area contributed by atoms with E-state index in [1.807, 2.05) is 24.3 Å². The van der Waals surface area contributed by atoms with Crippen LogP contribution in [0.4, 0.5) is 11.4 Å². The van der Waals surface area contributed by atoms with Gasteiger partial charge in [-0.2, -0.15) is 0 Å². The maximum Gasteiger partial charge on any atom is 0.277 e. The van der Waals surface area contributed by atoms with Crippen molar-refractivity contribution in [3.63, 3.8) is 0 Å². The number of fused-ring (bicyclic) bond motifs is 1. The average Bonchev–Trinajstić information content (AvgIpc) is 3.15. The molecule has 0 spiro atoms. The lowest BCUT2D eigenvalue weighted by Gasteiger charge is -2.18. The molecule has 0 aliphatic carbocycles. The highest BCUT2D eigenvalue weighted by atomic mass is 35.5. The quantitative estimate of drug-likeness (QED) is 0.715. The standard InChI is InChI=1S/C21H18ClN3O3/c1-12-20(23-13(2)28-12)21(27)24-17-7-3-14(4-8-17)11-25-18-10-16(22)6-5-15(18)9-19(25)26/h3-8,10H,9,11H2,1-2H3,(H,24,27). The van der Waals surface area contributed by atoms with E-state index >= 15 is 0 Å². The normalized spacial score (nSPS) is 13.0. The molecule has 0 fully saturated rings. The summed E-state index contributed by atoms with van der Waals surface area (Å²) in [6.45, 7) is 3.85. The van der Waals surface area contributed by atoms with Crippen molar-refractivity contribution in [1.82, 2.24) is 4.98 Å². The average molecular weight is 396 g/mol. The molecule has 4 rings (SSSR count). The Hall–Kier alpha value is -3.12. The van der Waals surface area contributed by atoms with Crippen molar-refractivity contribution >= 4 is 34.8 Å². The second-order valence-electron chi connectivity index (χ2n) is 6.72. The summed E-state index contributed by atoms with van der Waals surface area (Å²) in [6.07, 6.45) is 0.386. The lowest BCUT2D eigenvalue weighted by Crippen LogP contribution is -2.26. The molecule has 1 aliphatic rings. The first kappa shape index (κ1) is 18.3. The molecule has 7 heteroatoms. The minimum absolute atomic E-state index is 0.0477. The van der Waals surface area contributed by atoms with Crippen LogP contribution in [0.25, 0.3) is 0 Å². The van der Waals surface area contributed by atoms with Gasteiger partial charge >= 0.3 is 0 Å². The van der Waals surface area contributed by atoms with Crippen LogP contribution < -0.4 is 10.2 Å². The van der Waals surface area contributed by atoms with E-state index in [9.17, 15) is 9.59 Å². The van der Waals surface area contributed by atoms with Gasteiger partial charge in [-0.15, -0.1) is 0 Å². The number of hydrogen-bond acceptors (Lipinski definition) is 4. The summed E-state index contributed by atoms with van der Waals surface area (Å²) >= 11 is 6.08. The molecular weight excluding hydrogens is 378 g/mol. The summed E-state index contributed by atoms with van der Waals surface area (Å²) in [5, 5.41) is 3.41. The minimum atomic E-state index is -0.319. The predicted molar refractivity (Wildman–Crippen MR) is 107 cm³/mol. The van der Waals surface area contributed by atoms with Gasteiger partial charge in [0, 0.05) is 23.3 Å². The van der Waals surface area contributed by atoms with E-state index < -0.39 is 0 Å². The zero-order valence-electron chi connectivity index (χ0n) is 15.5. The van der Waals surface area contributed by atoms with Gasteiger partial charge in [0.1, 0.15) is 5.76 Å². The molecular formula is C21H18ClN3O3. The molecule has 28 heavy (non-hydrogen) atoms. The smallest absolute Gasteiger partial charge is 0.277 e. The first-order valence-electron chi connectivity index (χ1n) is 8.84. The second-order valence-corrected chi connectivity index (χ2v) is 7.15. The lowest BCUT2D eigenvalue weighted by molar-refractivity contribution is -0.117. The molecule has 0 unspecified atom stereocenters. The third-order valence-electron chi connectivity index (χ3n) is 4.65. The van der Waals surface area contributed by atoms with E-state index in [2.05, 4.69) is 10.3 Å². The van der Waals surface area contributed by atoms with Crippen molar-refractivity contribution in [2.45, 2.75) is 26.8 Å². The molecule has 142 valence electrons. The number of halogens is 1. The Kier molecular flexibility index (Phi) is 4.65. The van der Waals surface area contributed by atoms with Crippen LogP contribution in [0, 0.1) is 13.8 Å². The van der Waals surface area contributed by atoms with Gasteiger partial charge in [0.2, 0.25) is 5.91 Å². The number of nitrogens with zero attached hydrogens (tertiary/aromatic N) is 2. The largest absolute Gasteiger partial charge is 0.445 e. The van der Waals surface area contributed by atoms with Gasteiger partial charge < -0.3 is 14.6 Å². The zero-order chi connectivity index (χ0) is 19.8. The van der Waals surface area contributed by atoms with Gasteiger partial charge in [-0.1, -0.05) is 29.8 Å². The summed E-state index contributed by atoms with van der Waals surface area (Å²) in [7, 11) is 0. The van der Waals surface area contributed by atoms with Crippen LogP contribution >= 0.6 is 11.6 Å². The van der Waals surface area contributed by atoms with E-state index in [1.54, 1.807) is 36.9 Å². The third kappa shape index (κ3) is 3.51. The fourth-order valence-electron chi connectivity index (χ4n) is 3.31. The van der Waals surface area contributed by atoms with Crippen molar-refractivity contribution in [1.29, 1.82) is 0 Å². The van der Waals surface area contributed by atoms with Crippen LogP contribution in [0.1, 0.15) is 33.3 Å². The Morgan fingerprint density at radius 1 is 1.21 bits per heavy atom. The van der Waals surface area contributed by atoms with Crippen LogP contribution in [0.2, 0.25) is 5.02 Å². The highest BCUT2D eigenvalue weighted by Gasteiger charge is 2.27. The summed E-state index contributed by atoms with van der Waals surface area (Å²) in [4.78, 5) is 30.5. The van der Waals surface area contributed by atoms with E-state index in [1.165, 1.54) is 0 Å². The molecule has 0 atom stereocenters. The summed E-state index contributed by atoms with van der Waals surface area (Å²) in [5.41, 5.74) is 3.71. The molecule has 2 aromatic carbocycles. The van der Waals surface area contributed by atoms with Gasteiger partial charge in [0.15, 0.2) is 11.6 Å². The van der Waals surface area contributed by atoms with Crippen LogP contribution in [0.3, 0.4) is 0 Å². The van der Waals surface area contributed by atoms with Crippen molar-refractivity contribution in [2.24, 2.45) is 0 Å². The number of carbonyl (C=O) groups is 2. The number of aromatic nitrogens is 1. The van der Waals surface area contributed by atoms with Crippen LogP contribution in [-0.4, -0.2) is 16.8 Å². The SMILES string of the molecule is Cc1nc(C(=O)Nc2ccc(CN3C(=O)Cc4ccc(Cl)cc43)cc2)c(C)o1. The van der Waals surface area contributed by atoms with Crippen molar-refractivity contribution in [3.05, 3.63) is 76.0 Å². The molecule has 1 N–H and O–H groups in total. The van der Waals surface area contributed by atoms with Gasteiger partial charge in [-0.3, -0.25) is 9.59 Å². The number of aryl methyl sites for hydroxylation is 2. The molecule has 1 aromatic heterocycles. The number of carbonyl (C=O) groups excluding carboxylic acids is 2. The first-order valence-corrected chi connectivity index (χ1v) is 9.21. The number of hydrogen-bond donors (Lipinski definition) is 1. The summed E-state index contributed by atoms with van der Waals surface area (Å²) in [6, 6.07) is 12.9.